The first-order valence-electron chi connectivity index (χ1n) is 5.20. The van der Waals surface area contributed by atoms with Crippen LogP contribution in [0.5, 0.6) is 0 Å². The fraction of sp³-hybridized carbons (Fsp3) is 0.385. The van der Waals surface area contributed by atoms with Gasteiger partial charge in [0, 0.05) is 0 Å². The van der Waals surface area contributed by atoms with Crippen molar-refractivity contribution in [3.63, 3.8) is 0 Å². The normalized spacial score (nSPS) is 27.1. The summed E-state index contributed by atoms with van der Waals surface area (Å²) in [6.45, 7) is 2.10. The molecule has 1 nitrogen and oxygen atoms in total. The molecule has 0 bridgehead atoms. The zero-order valence-corrected chi connectivity index (χ0v) is 8.48. The van der Waals surface area contributed by atoms with E-state index in [1.54, 1.807) is 0 Å². The lowest BCUT2D eigenvalue weighted by molar-refractivity contribution is 0.118. The van der Waals surface area contributed by atoms with Crippen molar-refractivity contribution >= 4 is 5.57 Å². The summed E-state index contributed by atoms with van der Waals surface area (Å²) in [5, 5.41) is 9.77. The van der Waals surface area contributed by atoms with Crippen molar-refractivity contribution in [2.24, 2.45) is 5.92 Å². The smallest absolute Gasteiger partial charge is 0.0609 e. The minimum atomic E-state index is -0.171. The average molecular weight is 188 g/mol. The first kappa shape index (κ1) is 9.47. The maximum Gasteiger partial charge on any atom is 0.0609 e. The molecule has 0 fully saturated rings. The maximum absolute atomic E-state index is 9.77. The second-order valence-corrected chi connectivity index (χ2v) is 4.08. The number of hydrogen-bond acceptors (Lipinski definition) is 1. The Kier molecular flexibility index (Phi) is 2.69. The predicted octanol–water partition coefficient (Wildman–Crippen LogP) is 2.86. The summed E-state index contributed by atoms with van der Waals surface area (Å²) in [5.41, 5.74) is 2.54. The lowest BCUT2D eigenvalue weighted by atomic mass is 9.85. The highest BCUT2D eigenvalue weighted by Gasteiger charge is 2.20. The number of benzene rings is 1. The maximum atomic E-state index is 9.77. The first-order chi connectivity index (χ1) is 6.77. The molecule has 0 saturated heterocycles. The van der Waals surface area contributed by atoms with Gasteiger partial charge >= 0.3 is 0 Å². The zero-order valence-electron chi connectivity index (χ0n) is 8.48. The third-order valence-electron chi connectivity index (χ3n) is 2.97. The lowest BCUT2D eigenvalue weighted by Gasteiger charge is -2.24. The largest absolute Gasteiger partial charge is 0.392 e. The number of aliphatic hydroxyl groups is 1. The molecule has 0 unspecified atom stereocenters. The van der Waals surface area contributed by atoms with Crippen molar-refractivity contribution in [1.29, 1.82) is 0 Å². The summed E-state index contributed by atoms with van der Waals surface area (Å²) in [5.74, 6) is 0.405. The van der Waals surface area contributed by atoms with Gasteiger partial charge in [0.1, 0.15) is 0 Å². The highest BCUT2D eigenvalue weighted by molar-refractivity contribution is 5.66. The number of rotatable bonds is 1. The van der Waals surface area contributed by atoms with E-state index in [4.69, 9.17) is 0 Å². The standard InChI is InChI=1S/C13H16O/c1-10-7-8-12(9-13(10)14)11-5-3-2-4-6-11/h2-6,8,10,13-14H,7,9H2,1H3/t10-,13+/m1/s1. The SMILES string of the molecule is C[C@@H]1CC=C(c2ccccc2)C[C@@H]1O. The van der Waals surface area contributed by atoms with Crippen LogP contribution in [0, 0.1) is 5.92 Å². The highest BCUT2D eigenvalue weighted by atomic mass is 16.3. The summed E-state index contributed by atoms with van der Waals surface area (Å²) < 4.78 is 0. The summed E-state index contributed by atoms with van der Waals surface area (Å²) in [6.07, 6.45) is 3.87. The van der Waals surface area contributed by atoms with Crippen molar-refractivity contribution in [1.82, 2.24) is 0 Å². The van der Waals surface area contributed by atoms with Gasteiger partial charge in [-0.05, 0) is 29.9 Å². The Labute approximate surface area is 85.1 Å². The van der Waals surface area contributed by atoms with Crippen LogP contribution >= 0.6 is 0 Å². The molecule has 1 heteroatoms. The molecular weight excluding hydrogens is 172 g/mol. The van der Waals surface area contributed by atoms with E-state index in [9.17, 15) is 5.11 Å². The van der Waals surface area contributed by atoms with Gasteiger partial charge in [-0.25, -0.2) is 0 Å². The van der Waals surface area contributed by atoms with Crippen LogP contribution in [0.25, 0.3) is 5.57 Å². The molecular formula is C13H16O. The molecule has 1 N–H and O–H groups in total. The van der Waals surface area contributed by atoms with E-state index in [2.05, 4.69) is 25.1 Å². The van der Waals surface area contributed by atoms with Crippen LogP contribution in [-0.2, 0) is 0 Å². The van der Waals surface area contributed by atoms with Gasteiger partial charge in [-0.3, -0.25) is 0 Å². The third kappa shape index (κ3) is 1.88. The van der Waals surface area contributed by atoms with Crippen molar-refractivity contribution in [2.45, 2.75) is 25.9 Å². The second-order valence-electron chi connectivity index (χ2n) is 4.08. The van der Waals surface area contributed by atoms with Gasteiger partial charge in [-0.2, -0.15) is 0 Å². The van der Waals surface area contributed by atoms with E-state index < -0.39 is 0 Å². The van der Waals surface area contributed by atoms with Gasteiger partial charge in [-0.1, -0.05) is 43.3 Å². The third-order valence-corrected chi connectivity index (χ3v) is 2.97. The quantitative estimate of drug-likeness (QED) is 0.718. The van der Waals surface area contributed by atoms with Crippen LogP contribution < -0.4 is 0 Å². The van der Waals surface area contributed by atoms with Crippen molar-refractivity contribution in [3.05, 3.63) is 42.0 Å². The molecule has 1 aromatic carbocycles. The Hall–Kier alpha value is -1.08. The monoisotopic (exact) mass is 188 g/mol. The molecule has 0 saturated carbocycles. The molecule has 0 aromatic heterocycles. The number of hydrogen-bond donors (Lipinski definition) is 1. The van der Waals surface area contributed by atoms with Crippen molar-refractivity contribution in [3.8, 4) is 0 Å². The predicted molar refractivity (Wildman–Crippen MR) is 58.8 cm³/mol. The first-order valence-corrected chi connectivity index (χ1v) is 5.20. The van der Waals surface area contributed by atoms with Gasteiger partial charge in [0.15, 0.2) is 0 Å². The summed E-state index contributed by atoms with van der Waals surface area (Å²) in [4.78, 5) is 0. The van der Waals surface area contributed by atoms with Gasteiger partial charge in [0.05, 0.1) is 6.10 Å². The zero-order chi connectivity index (χ0) is 9.97. The Balaban J connectivity index is 2.21. The van der Waals surface area contributed by atoms with E-state index >= 15 is 0 Å². The van der Waals surface area contributed by atoms with E-state index in [0.29, 0.717) is 5.92 Å². The topological polar surface area (TPSA) is 20.2 Å². The van der Waals surface area contributed by atoms with E-state index in [-0.39, 0.29) is 6.10 Å². The van der Waals surface area contributed by atoms with Crippen molar-refractivity contribution < 1.29 is 5.11 Å². The molecule has 0 heterocycles. The molecule has 2 atom stereocenters. The Morgan fingerprint density at radius 3 is 2.57 bits per heavy atom. The molecule has 1 aromatic rings. The minimum Gasteiger partial charge on any atom is -0.392 e. The van der Waals surface area contributed by atoms with Crippen LogP contribution in [0.3, 0.4) is 0 Å². The lowest BCUT2D eigenvalue weighted by Crippen LogP contribution is -2.20. The molecule has 2 rings (SSSR count). The molecule has 14 heavy (non-hydrogen) atoms. The van der Waals surface area contributed by atoms with Crippen LogP contribution in [0.15, 0.2) is 36.4 Å². The molecule has 0 spiro atoms. The highest BCUT2D eigenvalue weighted by Crippen LogP contribution is 2.29. The van der Waals surface area contributed by atoms with Crippen molar-refractivity contribution in [2.75, 3.05) is 0 Å². The van der Waals surface area contributed by atoms with E-state index in [1.807, 2.05) is 18.2 Å². The fourth-order valence-corrected chi connectivity index (χ4v) is 1.88. The molecule has 1 aliphatic rings. The van der Waals surface area contributed by atoms with Gasteiger partial charge in [0.25, 0.3) is 0 Å². The van der Waals surface area contributed by atoms with Crippen LogP contribution in [-0.4, -0.2) is 11.2 Å². The van der Waals surface area contributed by atoms with Crippen LogP contribution in [0.2, 0.25) is 0 Å². The second kappa shape index (κ2) is 3.97. The summed E-state index contributed by atoms with van der Waals surface area (Å²) in [6, 6.07) is 10.3. The van der Waals surface area contributed by atoms with E-state index in [0.717, 1.165) is 12.8 Å². The Bertz CT molecular complexity index is 326. The fourth-order valence-electron chi connectivity index (χ4n) is 1.88. The van der Waals surface area contributed by atoms with Gasteiger partial charge in [0.2, 0.25) is 0 Å². The van der Waals surface area contributed by atoms with E-state index in [1.165, 1.54) is 11.1 Å². The van der Waals surface area contributed by atoms with Gasteiger partial charge in [-0.15, -0.1) is 0 Å². The molecule has 1 aliphatic carbocycles. The Morgan fingerprint density at radius 2 is 1.93 bits per heavy atom. The number of allylic oxidation sites excluding steroid dienone is 1. The summed E-state index contributed by atoms with van der Waals surface area (Å²) >= 11 is 0. The summed E-state index contributed by atoms with van der Waals surface area (Å²) in [7, 11) is 0. The molecule has 0 aliphatic heterocycles. The average Bonchev–Trinajstić information content (AvgIpc) is 2.23. The minimum absolute atomic E-state index is 0.171. The molecule has 0 radical (unpaired) electrons. The van der Waals surface area contributed by atoms with Crippen LogP contribution in [0.4, 0.5) is 0 Å². The van der Waals surface area contributed by atoms with Gasteiger partial charge < -0.3 is 5.11 Å². The van der Waals surface area contributed by atoms with Crippen LogP contribution in [0.1, 0.15) is 25.3 Å². The Morgan fingerprint density at radius 1 is 1.21 bits per heavy atom. The number of aliphatic hydroxyl groups excluding tert-OH is 1. The molecule has 74 valence electrons. The molecule has 0 amide bonds.